The number of para-hydroxylation sites is 2. The van der Waals surface area contributed by atoms with Crippen molar-refractivity contribution in [2.45, 2.75) is 57.1 Å². The summed E-state index contributed by atoms with van der Waals surface area (Å²) in [4.78, 5) is 51.6. The minimum atomic E-state index is -4.80. The maximum atomic E-state index is 15.0. The van der Waals surface area contributed by atoms with E-state index in [1.165, 1.54) is 50.7 Å². The molecule has 0 radical (unpaired) electrons. The first-order valence-corrected chi connectivity index (χ1v) is 21.1. The summed E-state index contributed by atoms with van der Waals surface area (Å²) in [5, 5.41) is 33.6. The van der Waals surface area contributed by atoms with Gasteiger partial charge in [-0.3, -0.25) is 25.7 Å². The Morgan fingerprint density at radius 2 is 1.31 bits per heavy atom. The number of unbranched alkanes of at least 4 members (excludes halogenated alkanes) is 1. The standard InChI is InChI=1S/C39H51N7O18S/c1-27(63-38(48)58-19-8-9-20-61-45(49)50)44(65(53,54)29-15-13-28(14-16-29)39(2,3)4)35-32(64-31-12-7-6-11-30(31)55-5)36(43-34(42-35)33-40-17-10-18-41-33)57-24-25-60-37(47)59-23-21-56-22-26-62-46(51)52/h6-7,10-18,27,49-52H,8-9,19-26H2,1-5H3. The predicted octanol–water partition coefficient (Wildman–Crippen LogP) is 5.08. The molecule has 4 aromatic rings. The maximum Gasteiger partial charge on any atom is 0.510 e. The molecule has 1 atom stereocenters. The summed E-state index contributed by atoms with van der Waals surface area (Å²) in [7, 11) is -3.42. The highest BCUT2D eigenvalue weighted by Crippen LogP contribution is 2.44. The van der Waals surface area contributed by atoms with Crippen molar-refractivity contribution in [3.05, 3.63) is 72.6 Å². The minimum Gasteiger partial charge on any atom is -0.493 e. The molecule has 0 spiro atoms. The van der Waals surface area contributed by atoms with Gasteiger partial charge in [0.2, 0.25) is 11.6 Å². The first-order chi connectivity index (χ1) is 31.0. The molecule has 356 valence electrons. The van der Waals surface area contributed by atoms with Crippen LogP contribution in [-0.4, -0.2) is 138 Å². The zero-order valence-electron chi connectivity index (χ0n) is 36.0. The third kappa shape index (κ3) is 16.5. The van der Waals surface area contributed by atoms with Gasteiger partial charge in [0, 0.05) is 12.4 Å². The van der Waals surface area contributed by atoms with Crippen molar-refractivity contribution < 1.29 is 86.4 Å². The Labute approximate surface area is 373 Å². The zero-order chi connectivity index (χ0) is 47.4. The molecule has 65 heavy (non-hydrogen) atoms. The molecule has 0 aliphatic carbocycles. The first-order valence-electron chi connectivity index (χ1n) is 19.6. The van der Waals surface area contributed by atoms with Crippen LogP contribution in [0.2, 0.25) is 0 Å². The van der Waals surface area contributed by atoms with Crippen molar-refractivity contribution in [2.75, 3.05) is 64.3 Å². The molecular weight excluding hydrogens is 887 g/mol. The first kappa shape index (κ1) is 51.6. The van der Waals surface area contributed by atoms with Crippen LogP contribution in [0.1, 0.15) is 46.1 Å². The van der Waals surface area contributed by atoms with Crippen LogP contribution in [0, 0.1) is 0 Å². The van der Waals surface area contributed by atoms with Crippen molar-refractivity contribution >= 4 is 28.2 Å². The number of anilines is 1. The fourth-order valence-corrected chi connectivity index (χ4v) is 6.79. The van der Waals surface area contributed by atoms with E-state index in [-0.39, 0.29) is 85.9 Å². The minimum absolute atomic E-state index is 0.0430. The van der Waals surface area contributed by atoms with Crippen molar-refractivity contribution in [3.63, 3.8) is 0 Å². The molecule has 2 heterocycles. The summed E-state index contributed by atoms with van der Waals surface area (Å²) in [6.45, 7) is 5.38. The molecule has 1 unspecified atom stereocenters. The molecule has 0 amide bonds. The Morgan fingerprint density at radius 3 is 1.95 bits per heavy atom. The van der Waals surface area contributed by atoms with Crippen molar-refractivity contribution in [1.29, 1.82) is 0 Å². The Hall–Kier alpha value is -6.07. The van der Waals surface area contributed by atoms with E-state index >= 15 is 8.42 Å². The smallest absolute Gasteiger partial charge is 0.493 e. The summed E-state index contributed by atoms with van der Waals surface area (Å²) >= 11 is 0. The van der Waals surface area contributed by atoms with Gasteiger partial charge in [-0.1, -0.05) is 45.0 Å². The Morgan fingerprint density at radius 1 is 0.708 bits per heavy atom. The third-order valence-electron chi connectivity index (χ3n) is 8.34. The van der Waals surface area contributed by atoms with Crippen LogP contribution in [0.5, 0.6) is 23.1 Å². The highest BCUT2D eigenvalue weighted by molar-refractivity contribution is 7.92. The number of methoxy groups -OCH3 is 1. The van der Waals surface area contributed by atoms with E-state index in [1.807, 2.05) is 20.8 Å². The highest BCUT2D eigenvalue weighted by atomic mass is 32.2. The van der Waals surface area contributed by atoms with Crippen LogP contribution < -0.4 is 18.5 Å². The van der Waals surface area contributed by atoms with Crippen LogP contribution in [-0.2, 0) is 48.8 Å². The van der Waals surface area contributed by atoms with E-state index in [2.05, 4.69) is 29.6 Å². The van der Waals surface area contributed by atoms with Gasteiger partial charge in [0.25, 0.3) is 15.9 Å². The van der Waals surface area contributed by atoms with Gasteiger partial charge in [0.15, 0.2) is 29.4 Å². The number of aromatic nitrogens is 4. The Kier molecular flexibility index (Phi) is 20.2. The molecule has 2 aromatic heterocycles. The van der Waals surface area contributed by atoms with E-state index in [0.717, 1.165) is 5.56 Å². The summed E-state index contributed by atoms with van der Waals surface area (Å²) < 4.78 is 74.6. The molecule has 26 heteroatoms. The van der Waals surface area contributed by atoms with E-state index in [9.17, 15) is 9.59 Å². The van der Waals surface area contributed by atoms with Crippen LogP contribution >= 0.6 is 0 Å². The molecule has 2 aromatic carbocycles. The van der Waals surface area contributed by atoms with Gasteiger partial charge < -0.3 is 37.9 Å². The van der Waals surface area contributed by atoms with Gasteiger partial charge in [-0.2, -0.15) is 4.98 Å². The van der Waals surface area contributed by atoms with Gasteiger partial charge in [0.05, 0.1) is 55.8 Å². The lowest BCUT2D eigenvalue weighted by Gasteiger charge is -2.30. The number of ether oxygens (including phenoxy) is 8. The van der Waals surface area contributed by atoms with Gasteiger partial charge in [-0.25, -0.2) is 42.1 Å². The lowest BCUT2D eigenvalue weighted by atomic mass is 9.87. The molecule has 0 fully saturated rings. The second kappa shape index (κ2) is 25.4. The molecule has 4 rings (SSSR count). The third-order valence-corrected chi connectivity index (χ3v) is 10.2. The van der Waals surface area contributed by atoms with Gasteiger partial charge in [-0.05, 0) is 61.1 Å². The van der Waals surface area contributed by atoms with Gasteiger partial charge in [0.1, 0.15) is 19.8 Å². The average molecular weight is 938 g/mol. The van der Waals surface area contributed by atoms with Crippen molar-refractivity contribution in [1.82, 2.24) is 30.7 Å². The number of nitrogens with zero attached hydrogens (tertiary/aromatic N) is 7. The largest absolute Gasteiger partial charge is 0.510 e. The number of rotatable bonds is 26. The van der Waals surface area contributed by atoms with E-state index in [4.69, 9.17) is 58.7 Å². The Bertz CT molecular complexity index is 2200. The van der Waals surface area contributed by atoms with Crippen molar-refractivity contribution in [3.8, 4) is 34.8 Å². The number of carbonyl (C=O) groups excluding carboxylic acids is 2. The van der Waals surface area contributed by atoms with Crippen LogP contribution in [0.4, 0.5) is 15.4 Å². The normalized spacial score (nSPS) is 12.1. The molecule has 0 aliphatic heterocycles. The number of benzene rings is 2. The number of carbonyl (C=O) groups is 2. The maximum absolute atomic E-state index is 15.0. The molecular formula is C39H51N7O18S. The van der Waals surface area contributed by atoms with Crippen LogP contribution in [0.3, 0.4) is 0 Å². The summed E-state index contributed by atoms with van der Waals surface area (Å²) in [6, 6.07) is 13.9. The number of hydrogen-bond acceptors (Lipinski definition) is 24. The SMILES string of the molecule is COc1ccccc1Oc1c(OCCOC(=O)OCCOCCON(O)O)nc(-c2ncccn2)nc1N(C(C)OC(=O)OCCCCON(O)O)S(=O)(=O)c1ccc(C(C)(C)C)cc1. The molecule has 0 aliphatic rings. The quantitative estimate of drug-likeness (QED) is 0.0276. The molecule has 25 nitrogen and oxygen atoms in total. The lowest BCUT2D eigenvalue weighted by molar-refractivity contribution is -0.493. The number of hydrogen-bond donors (Lipinski definition) is 4. The molecule has 0 bridgehead atoms. The predicted molar refractivity (Wildman–Crippen MR) is 218 cm³/mol. The fraction of sp³-hybridized carbons (Fsp3) is 0.436. The highest BCUT2D eigenvalue weighted by Gasteiger charge is 2.39. The molecule has 4 N–H and O–H groups in total. The van der Waals surface area contributed by atoms with Gasteiger partial charge >= 0.3 is 12.3 Å². The van der Waals surface area contributed by atoms with Gasteiger partial charge in [-0.15, -0.1) is 0 Å². The van der Waals surface area contributed by atoms with Crippen molar-refractivity contribution in [2.24, 2.45) is 0 Å². The average Bonchev–Trinajstić information content (AvgIpc) is 3.26. The van der Waals surface area contributed by atoms with E-state index in [0.29, 0.717) is 4.31 Å². The zero-order valence-corrected chi connectivity index (χ0v) is 36.9. The van der Waals surface area contributed by atoms with Crippen LogP contribution in [0.15, 0.2) is 71.9 Å². The monoisotopic (exact) mass is 937 g/mol. The number of sulfonamides is 1. The van der Waals surface area contributed by atoms with E-state index in [1.54, 1.807) is 30.3 Å². The van der Waals surface area contributed by atoms with E-state index < -0.39 is 70.0 Å². The Balaban J connectivity index is 1.77. The summed E-state index contributed by atoms with van der Waals surface area (Å²) in [6.07, 6.45) is -0.891. The van der Waals surface area contributed by atoms with Crippen LogP contribution in [0.25, 0.3) is 11.6 Å². The molecule has 0 saturated heterocycles. The summed E-state index contributed by atoms with van der Waals surface area (Å²) in [5.74, 6) is -1.51. The second-order valence-corrected chi connectivity index (χ2v) is 15.8. The topological polar surface area (TPSA) is 303 Å². The lowest BCUT2D eigenvalue weighted by Crippen LogP contribution is -2.42. The second-order valence-electron chi connectivity index (χ2n) is 14.0. The summed E-state index contributed by atoms with van der Waals surface area (Å²) in [5.41, 5.74) is 0.469. The fourth-order valence-electron chi connectivity index (χ4n) is 5.30. The molecule has 0 saturated carbocycles.